The van der Waals surface area contributed by atoms with Crippen LogP contribution < -0.4 is 10.6 Å². The number of fused-ring (bicyclic) bond motifs is 1. The average Bonchev–Trinajstić information content (AvgIpc) is 2.22. The Labute approximate surface area is 49.7 Å². The summed E-state index contributed by atoms with van der Waals surface area (Å²) >= 11 is 0. The molecule has 0 spiro atoms. The van der Waals surface area contributed by atoms with E-state index in [1.807, 2.05) is 7.05 Å². The van der Waals surface area contributed by atoms with E-state index in [1.165, 1.54) is 13.0 Å². The minimum atomic E-state index is 0.809. The van der Waals surface area contributed by atoms with Gasteiger partial charge in [0.25, 0.3) is 0 Å². The van der Waals surface area contributed by atoms with Crippen LogP contribution in [-0.4, -0.2) is 25.7 Å². The molecule has 1 aliphatic carbocycles. The minimum Gasteiger partial charge on any atom is -0.315 e. The molecule has 2 N–H and O–H groups in total. The molecular weight excluding hydrogens is 100 g/mol. The molecule has 1 saturated carbocycles. The van der Waals surface area contributed by atoms with Gasteiger partial charge in [-0.3, -0.25) is 0 Å². The zero-order valence-electron chi connectivity index (χ0n) is 5.15. The van der Waals surface area contributed by atoms with Crippen LogP contribution in [0.3, 0.4) is 0 Å². The number of rotatable bonds is 1. The Balaban J connectivity index is 1.94. The molecule has 2 nitrogen and oxygen atoms in total. The molecule has 2 fully saturated rings. The van der Waals surface area contributed by atoms with Gasteiger partial charge in [-0.25, -0.2) is 0 Å². The van der Waals surface area contributed by atoms with Gasteiger partial charge in [0.1, 0.15) is 0 Å². The van der Waals surface area contributed by atoms with Gasteiger partial charge in [-0.1, -0.05) is 0 Å². The minimum absolute atomic E-state index is 0.809. The summed E-state index contributed by atoms with van der Waals surface area (Å²) in [7, 11) is 2.05. The van der Waals surface area contributed by atoms with E-state index in [0.29, 0.717) is 0 Å². The first-order valence-corrected chi connectivity index (χ1v) is 3.34. The molecule has 0 bridgehead atoms. The largest absolute Gasteiger partial charge is 0.315 e. The molecule has 46 valence electrons. The van der Waals surface area contributed by atoms with Crippen LogP contribution in [0.2, 0.25) is 0 Å². The molecule has 1 aliphatic heterocycles. The van der Waals surface area contributed by atoms with Crippen LogP contribution in [0.4, 0.5) is 0 Å². The maximum Gasteiger partial charge on any atom is 0.0268 e. The standard InChI is InChI=1S/C6H12N2/c1-7-5-4-2-3-8-6(4)5/h4-8H,2-3H2,1H3/t4-,5?,6-/m1/s1. The fourth-order valence-electron chi connectivity index (χ4n) is 1.82. The lowest BCUT2D eigenvalue weighted by molar-refractivity contribution is 0.616. The van der Waals surface area contributed by atoms with E-state index in [-0.39, 0.29) is 0 Å². The Kier molecular flexibility index (Phi) is 0.866. The van der Waals surface area contributed by atoms with Crippen molar-refractivity contribution in [1.29, 1.82) is 0 Å². The second-order valence-electron chi connectivity index (χ2n) is 2.75. The summed E-state index contributed by atoms with van der Waals surface area (Å²) < 4.78 is 0. The maximum absolute atomic E-state index is 3.43. The summed E-state index contributed by atoms with van der Waals surface area (Å²) in [6.07, 6.45) is 1.39. The highest BCUT2D eigenvalue weighted by Crippen LogP contribution is 2.37. The maximum atomic E-state index is 3.43. The van der Waals surface area contributed by atoms with Crippen molar-refractivity contribution >= 4 is 0 Å². The average molecular weight is 112 g/mol. The fraction of sp³-hybridized carbons (Fsp3) is 1.00. The summed E-state index contributed by atoms with van der Waals surface area (Å²) in [4.78, 5) is 0. The van der Waals surface area contributed by atoms with E-state index in [1.54, 1.807) is 0 Å². The second kappa shape index (κ2) is 1.45. The first-order chi connectivity index (χ1) is 3.93. The molecule has 1 unspecified atom stereocenters. The molecule has 0 aromatic heterocycles. The quantitative estimate of drug-likeness (QED) is 0.481. The molecule has 0 amide bonds. The normalized spacial score (nSPS) is 51.4. The van der Waals surface area contributed by atoms with Gasteiger partial charge in [0.15, 0.2) is 0 Å². The summed E-state index contributed by atoms with van der Waals surface area (Å²) in [5.41, 5.74) is 0. The highest BCUT2D eigenvalue weighted by atomic mass is 15.1. The first-order valence-electron chi connectivity index (χ1n) is 3.34. The van der Waals surface area contributed by atoms with Gasteiger partial charge in [-0.15, -0.1) is 0 Å². The lowest BCUT2D eigenvalue weighted by Crippen LogP contribution is -2.25. The summed E-state index contributed by atoms with van der Waals surface area (Å²) in [6.45, 7) is 1.24. The van der Waals surface area contributed by atoms with E-state index in [4.69, 9.17) is 0 Å². The molecule has 1 saturated heterocycles. The van der Waals surface area contributed by atoms with Crippen LogP contribution in [0.1, 0.15) is 6.42 Å². The van der Waals surface area contributed by atoms with Gasteiger partial charge in [0.05, 0.1) is 0 Å². The van der Waals surface area contributed by atoms with Crippen molar-refractivity contribution in [3.63, 3.8) is 0 Å². The van der Waals surface area contributed by atoms with Crippen LogP contribution in [0.25, 0.3) is 0 Å². The van der Waals surface area contributed by atoms with Crippen molar-refractivity contribution in [2.24, 2.45) is 5.92 Å². The lowest BCUT2D eigenvalue weighted by Gasteiger charge is -1.99. The van der Waals surface area contributed by atoms with E-state index in [0.717, 1.165) is 18.0 Å². The highest BCUT2D eigenvalue weighted by molar-refractivity contribution is 5.12. The summed E-state index contributed by atoms with van der Waals surface area (Å²) in [5, 5.41) is 6.71. The molecule has 2 heteroatoms. The zero-order chi connectivity index (χ0) is 5.56. The Morgan fingerprint density at radius 1 is 1.62 bits per heavy atom. The topological polar surface area (TPSA) is 24.1 Å². The second-order valence-corrected chi connectivity index (χ2v) is 2.75. The van der Waals surface area contributed by atoms with Crippen molar-refractivity contribution in [2.45, 2.75) is 18.5 Å². The van der Waals surface area contributed by atoms with Crippen LogP contribution >= 0.6 is 0 Å². The van der Waals surface area contributed by atoms with Gasteiger partial charge in [0.2, 0.25) is 0 Å². The van der Waals surface area contributed by atoms with Gasteiger partial charge in [0, 0.05) is 12.1 Å². The summed E-state index contributed by atoms with van der Waals surface area (Å²) in [6, 6.07) is 1.64. The Morgan fingerprint density at radius 3 is 2.88 bits per heavy atom. The third-order valence-electron chi connectivity index (χ3n) is 2.36. The van der Waals surface area contributed by atoms with Crippen LogP contribution in [0.5, 0.6) is 0 Å². The van der Waals surface area contributed by atoms with Crippen LogP contribution in [0.15, 0.2) is 0 Å². The van der Waals surface area contributed by atoms with E-state index in [2.05, 4.69) is 10.6 Å². The number of likely N-dealkylation sites (N-methyl/N-ethyl adjacent to an activating group) is 1. The lowest BCUT2D eigenvalue weighted by atomic mass is 10.3. The number of nitrogens with one attached hydrogen (secondary N) is 2. The summed E-state index contributed by atoms with van der Waals surface area (Å²) in [5.74, 6) is 0.972. The molecule has 0 aromatic rings. The van der Waals surface area contributed by atoms with E-state index >= 15 is 0 Å². The van der Waals surface area contributed by atoms with E-state index in [9.17, 15) is 0 Å². The number of hydrogen-bond donors (Lipinski definition) is 2. The predicted molar refractivity (Wildman–Crippen MR) is 32.7 cm³/mol. The molecular formula is C6H12N2. The fourth-order valence-corrected chi connectivity index (χ4v) is 1.82. The third kappa shape index (κ3) is 0.446. The smallest absolute Gasteiger partial charge is 0.0268 e. The predicted octanol–water partition coefficient (Wildman–Crippen LogP) is -0.434. The van der Waals surface area contributed by atoms with Crippen LogP contribution in [-0.2, 0) is 0 Å². The van der Waals surface area contributed by atoms with E-state index < -0.39 is 0 Å². The molecule has 2 aliphatic rings. The molecule has 3 atom stereocenters. The highest BCUT2D eigenvalue weighted by Gasteiger charge is 2.51. The Hall–Kier alpha value is -0.0800. The first kappa shape index (κ1) is 4.77. The van der Waals surface area contributed by atoms with Crippen molar-refractivity contribution in [1.82, 2.24) is 10.6 Å². The molecule has 1 heterocycles. The number of piperidine rings is 1. The van der Waals surface area contributed by atoms with Crippen molar-refractivity contribution in [3.8, 4) is 0 Å². The van der Waals surface area contributed by atoms with Crippen molar-refractivity contribution in [2.75, 3.05) is 13.6 Å². The third-order valence-corrected chi connectivity index (χ3v) is 2.36. The van der Waals surface area contributed by atoms with Gasteiger partial charge < -0.3 is 10.6 Å². The molecule has 0 aromatic carbocycles. The number of hydrogen-bond acceptors (Lipinski definition) is 2. The van der Waals surface area contributed by atoms with Gasteiger partial charge >= 0.3 is 0 Å². The Morgan fingerprint density at radius 2 is 2.50 bits per heavy atom. The van der Waals surface area contributed by atoms with Crippen molar-refractivity contribution < 1.29 is 0 Å². The SMILES string of the molecule is CNC1[C@H]2CCN[C@@H]12. The van der Waals surface area contributed by atoms with Crippen LogP contribution in [0, 0.1) is 5.92 Å². The Bertz CT molecular complexity index is 85.9. The van der Waals surface area contributed by atoms with Crippen molar-refractivity contribution in [3.05, 3.63) is 0 Å². The molecule has 8 heavy (non-hydrogen) atoms. The molecule has 0 radical (unpaired) electrons. The van der Waals surface area contributed by atoms with Gasteiger partial charge in [-0.2, -0.15) is 0 Å². The monoisotopic (exact) mass is 112 g/mol. The van der Waals surface area contributed by atoms with Gasteiger partial charge in [-0.05, 0) is 25.9 Å². The zero-order valence-corrected chi connectivity index (χ0v) is 5.15. The molecule has 2 rings (SSSR count).